The first-order chi connectivity index (χ1) is 9.99. The van der Waals surface area contributed by atoms with E-state index in [-0.39, 0.29) is 0 Å². The summed E-state index contributed by atoms with van der Waals surface area (Å²) in [6.45, 7) is 21.4. The summed E-state index contributed by atoms with van der Waals surface area (Å²) < 4.78 is 30.1. The Morgan fingerprint density at radius 2 is 0.957 bits per heavy atom. The van der Waals surface area contributed by atoms with Gasteiger partial charge in [-0.1, -0.05) is 0 Å². The molecule has 5 nitrogen and oxygen atoms in total. The Bertz CT molecular complexity index is 365. The topological polar surface area (TPSA) is 46.2 Å². The van der Waals surface area contributed by atoms with Crippen molar-refractivity contribution in [3.63, 3.8) is 0 Å². The lowest BCUT2D eigenvalue weighted by Gasteiger charge is -2.40. The maximum atomic E-state index is 6.22. The third-order valence-electron chi connectivity index (χ3n) is 2.10. The summed E-state index contributed by atoms with van der Waals surface area (Å²) in [6, 6.07) is 0. The van der Waals surface area contributed by atoms with Crippen LogP contribution in [0.15, 0.2) is 11.5 Å². The van der Waals surface area contributed by atoms with Gasteiger partial charge in [-0.3, -0.25) is 0 Å². The molecule has 0 heterocycles. The van der Waals surface area contributed by atoms with Gasteiger partial charge in [-0.05, 0) is 76.2 Å². The summed E-state index contributed by atoms with van der Waals surface area (Å²) in [6.07, 6.45) is 0. The van der Waals surface area contributed by atoms with Gasteiger partial charge in [0.15, 0.2) is 0 Å². The molecule has 6 heteroatoms. The fraction of sp³-hybridized carbons (Fsp3) is 0.882. The van der Waals surface area contributed by atoms with Crippen LogP contribution in [0.3, 0.4) is 0 Å². The van der Waals surface area contributed by atoms with E-state index in [1.807, 2.05) is 76.2 Å². The normalized spacial score (nSPS) is 13.7. The average Bonchev–Trinajstić information content (AvgIpc) is 2.17. The second-order valence-corrected chi connectivity index (χ2v) is 10.6. The van der Waals surface area contributed by atoms with Gasteiger partial charge in [-0.25, -0.2) is 0 Å². The summed E-state index contributed by atoms with van der Waals surface area (Å²) >= 11 is 0. The van der Waals surface area contributed by atoms with E-state index in [9.17, 15) is 0 Å². The van der Waals surface area contributed by atoms with Crippen LogP contribution in [-0.4, -0.2) is 33.0 Å². The van der Waals surface area contributed by atoms with Gasteiger partial charge < -0.3 is 22.4 Å². The average molecular weight is 349 g/mol. The minimum atomic E-state index is -3.53. The van der Waals surface area contributed by atoms with Crippen LogP contribution in [0, 0.1) is 0 Å². The molecule has 0 saturated carbocycles. The molecular formula is C17H36O5Si. The quantitative estimate of drug-likeness (QED) is 0.510. The summed E-state index contributed by atoms with van der Waals surface area (Å²) in [5.74, 6) is 0.370. The molecule has 0 amide bonds. The van der Waals surface area contributed by atoms with Gasteiger partial charge in [0.2, 0.25) is 0 Å². The molecule has 0 radical (unpaired) electrons. The lowest BCUT2D eigenvalue weighted by molar-refractivity contribution is -0.136. The summed E-state index contributed by atoms with van der Waals surface area (Å²) in [5, 5.41) is 0. The highest BCUT2D eigenvalue weighted by atomic mass is 28.4. The zero-order chi connectivity index (χ0) is 18.7. The van der Waals surface area contributed by atoms with Crippen molar-refractivity contribution in [2.75, 3.05) is 7.11 Å². The predicted molar refractivity (Wildman–Crippen MR) is 94.7 cm³/mol. The van der Waals surface area contributed by atoms with Crippen LogP contribution in [0.4, 0.5) is 0 Å². The second-order valence-electron chi connectivity index (χ2n) is 8.74. The van der Waals surface area contributed by atoms with Crippen LogP contribution in [0.25, 0.3) is 0 Å². The number of allylic oxidation sites excluding steroid dienone is 1. The summed E-state index contributed by atoms with van der Waals surface area (Å²) in [5.41, 5.74) is -0.604. The zero-order valence-corrected chi connectivity index (χ0v) is 18.0. The van der Waals surface area contributed by atoms with Gasteiger partial charge in [0.1, 0.15) is 0 Å². The highest BCUT2D eigenvalue weighted by Gasteiger charge is 2.57. The van der Waals surface area contributed by atoms with Crippen molar-refractivity contribution in [3.05, 3.63) is 11.5 Å². The first-order valence-corrected chi connectivity index (χ1v) is 9.63. The highest BCUT2D eigenvalue weighted by Crippen LogP contribution is 2.32. The number of hydrogen-bond acceptors (Lipinski definition) is 5. The maximum Gasteiger partial charge on any atom is 0.753 e. The summed E-state index contributed by atoms with van der Waals surface area (Å²) in [7, 11) is -1.97. The Hall–Kier alpha value is -0.563. The van der Waals surface area contributed by atoms with Crippen molar-refractivity contribution in [1.29, 1.82) is 0 Å². The third kappa shape index (κ3) is 10.0. The van der Waals surface area contributed by atoms with Crippen molar-refractivity contribution in [3.8, 4) is 0 Å². The molecule has 138 valence electrons. The van der Waals surface area contributed by atoms with Gasteiger partial charge in [0.05, 0.1) is 23.9 Å². The van der Waals surface area contributed by atoms with Gasteiger partial charge in [-0.15, -0.1) is 0 Å². The maximum absolute atomic E-state index is 6.22. The molecule has 0 bridgehead atoms. The molecule has 0 fully saturated rings. The van der Waals surface area contributed by atoms with Crippen molar-refractivity contribution >= 4 is 9.05 Å². The van der Waals surface area contributed by atoms with Crippen LogP contribution >= 0.6 is 0 Å². The number of methoxy groups -OCH3 is 1. The molecule has 0 aromatic heterocycles. The Morgan fingerprint density at radius 3 is 1.13 bits per heavy atom. The fourth-order valence-electron chi connectivity index (χ4n) is 1.71. The van der Waals surface area contributed by atoms with E-state index in [0.29, 0.717) is 5.95 Å². The SMILES string of the molecule is COC(O[Si](OC(C)(C)C)(OC(C)(C)C)OC(C)(C)C)=C(C)C. The minimum absolute atomic E-state index is 0.370. The number of hydrogen-bond donors (Lipinski definition) is 0. The molecule has 0 aliphatic heterocycles. The number of rotatable bonds is 6. The minimum Gasteiger partial charge on any atom is -0.470 e. The van der Waals surface area contributed by atoms with Crippen molar-refractivity contribution in [2.24, 2.45) is 0 Å². The first kappa shape index (κ1) is 22.4. The molecule has 0 saturated heterocycles. The Morgan fingerprint density at radius 1 is 0.652 bits per heavy atom. The molecular weight excluding hydrogens is 312 g/mol. The molecule has 0 rings (SSSR count). The monoisotopic (exact) mass is 348 g/mol. The van der Waals surface area contributed by atoms with Crippen molar-refractivity contribution in [2.45, 2.75) is 93.0 Å². The summed E-state index contributed by atoms with van der Waals surface area (Å²) in [4.78, 5) is 0. The van der Waals surface area contributed by atoms with E-state index >= 15 is 0 Å². The van der Waals surface area contributed by atoms with E-state index < -0.39 is 25.9 Å². The van der Waals surface area contributed by atoms with Crippen LogP contribution in [0.1, 0.15) is 76.2 Å². The van der Waals surface area contributed by atoms with Crippen LogP contribution in [0.2, 0.25) is 0 Å². The molecule has 0 aliphatic rings. The molecule has 23 heavy (non-hydrogen) atoms. The largest absolute Gasteiger partial charge is 0.753 e. The van der Waals surface area contributed by atoms with Crippen LogP contribution in [-0.2, 0) is 22.4 Å². The molecule has 0 N–H and O–H groups in total. The molecule has 0 unspecified atom stereocenters. The molecule has 0 spiro atoms. The molecule has 0 aromatic carbocycles. The lowest BCUT2D eigenvalue weighted by Crippen LogP contribution is -2.59. The second kappa shape index (κ2) is 7.55. The van der Waals surface area contributed by atoms with Crippen LogP contribution in [0.5, 0.6) is 0 Å². The lowest BCUT2D eigenvalue weighted by atomic mass is 10.2. The Kier molecular flexibility index (Phi) is 7.37. The smallest absolute Gasteiger partial charge is 0.470 e. The van der Waals surface area contributed by atoms with Crippen LogP contribution < -0.4 is 0 Å². The third-order valence-corrected chi connectivity index (χ3v) is 5.13. The van der Waals surface area contributed by atoms with E-state index in [1.165, 1.54) is 0 Å². The standard InChI is InChI=1S/C17H36O5Si/c1-13(2)14(18-12)19-23(20-15(3,4)5,21-16(6,7)8)22-17(9,10)11/h1-12H3. The highest BCUT2D eigenvalue weighted by molar-refractivity contribution is 6.54. The van der Waals surface area contributed by atoms with Crippen molar-refractivity contribution < 1.29 is 22.4 Å². The van der Waals surface area contributed by atoms with Gasteiger partial charge in [-0.2, -0.15) is 0 Å². The molecule has 0 aliphatic carbocycles. The Labute approximate surface area is 143 Å². The van der Waals surface area contributed by atoms with E-state index in [4.69, 9.17) is 22.4 Å². The van der Waals surface area contributed by atoms with Gasteiger partial charge >= 0.3 is 9.05 Å². The van der Waals surface area contributed by atoms with E-state index in [2.05, 4.69) is 0 Å². The number of ether oxygens (including phenoxy) is 1. The van der Waals surface area contributed by atoms with E-state index in [0.717, 1.165) is 5.57 Å². The Balaban J connectivity index is 5.96. The molecule has 0 aromatic rings. The first-order valence-electron chi connectivity index (χ1n) is 8.00. The van der Waals surface area contributed by atoms with Gasteiger partial charge in [0, 0.05) is 5.57 Å². The van der Waals surface area contributed by atoms with Crippen molar-refractivity contribution in [1.82, 2.24) is 0 Å². The zero-order valence-electron chi connectivity index (χ0n) is 17.0. The van der Waals surface area contributed by atoms with E-state index in [1.54, 1.807) is 7.11 Å². The fourth-order valence-corrected chi connectivity index (χ4v) is 4.73. The van der Waals surface area contributed by atoms with Gasteiger partial charge in [0.25, 0.3) is 5.95 Å². The predicted octanol–water partition coefficient (Wildman–Crippen LogP) is 4.78. The molecule has 0 atom stereocenters.